The number of benzene rings is 1. The summed E-state index contributed by atoms with van der Waals surface area (Å²) in [6, 6.07) is 7.75. The first kappa shape index (κ1) is 13.7. The van der Waals surface area contributed by atoms with Gasteiger partial charge >= 0.3 is 0 Å². The summed E-state index contributed by atoms with van der Waals surface area (Å²) in [5.41, 5.74) is 1.15. The Labute approximate surface area is 116 Å². The molecular formula is C13H16ClNO2S. The lowest BCUT2D eigenvalue weighted by Crippen LogP contribution is -2.41. The fraction of sp³-hybridized carbons (Fsp3) is 0.462. The van der Waals surface area contributed by atoms with Gasteiger partial charge < -0.3 is 9.64 Å². The van der Waals surface area contributed by atoms with Gasteiger partial charge in [-0.05, 0) is 17.7 Å². The van der Waals surface area contributed by atoms with Gasteiger partial charge in [0, 0.05) is 23.9 Å². The second-order valence-electron chi connectivity index (χ2n) is 4.12. The zero-order valence-corrected chi connectivity index (χ0v) is 11.7. The molecule has 0 aromatic heterocycles. The highest BCUT2D eigenvalue weighted by Gasteiger charge is 2.16. The van der Waals surface area contributed by atoms with E-state index >= 15 is 0 Å². The lowest BCUT2D eigenvalue weighted by Gasteiger charge is -2.26. The second-order valence-corrected chi connectivity index (χ2v) is 5.54. The van der Waals surface area contributed by atoms with E-state index in [0.29, 0.717) is 19.0 Å². The van der Waals surface area contributed by atoms with Gasteiger partial charge in [0.05, 0.1) is 19.0 Å². The van der Waals surface area contributed by atoms with Crippen molar-refractivity contribution < 1.29 is 9.53 Å². The predicted molar refractivity (Wildman–Crippen MR) is 75.0 cm³/mol. The number of halogens is 1. The quantitative estimate of drug-likeness (QED) is 0.851. The first-order chi connectivity index (χ1) is 8.75. The van der Waals surface area contributed by atoms with Crippen LogP contribution in [0.15, 0.2) is 24.3 Å². The molecule has 0 aliphatic carbocycles. The number of nitrogens with zero attached hydrogens (tertiary/aromatic N) is 1. The molecule has 5 heteroatoms. The molecular weight excluding hydrogens is 270 g/mol. The predicted octanol–water partition coefficient (Wildman–Crippen LogP) is 2.43. The minimum Gasteiger partial charge on any atom is -0.378 e. The van der Waals surface area contributed by atoms with Crippen LogP contribution in [0, 0.1) is 0 Å². The van der Waals surface area contributed by atoms with E-state index < -0.39 is 0 Å². The Hall–Kier alpha value is -0.710. The Morgan fingerprint density at radius 2 is 2.17 bits per heavy atom. The number of carbonyl (C=O) groups is 1. The van der Waals surface area contributed by atoms with Crippen molar-refractivity contribution >= 4 is 29.3 Å². The molecule has 1 fully saturated rings. The van der Waals surface area contributed by atoms with Crippen molar-refractivity contribution in [2.45, 2.75) is 5.75 Å². The zero-order chi connectivity index (χ0) is 12.8. The van der Waals surface area contributed by atoms with Crippen LogP contribution in [0.4, 0.5) is 0 Å². The number of morpholine rings is 1. The van der Waals surface area contributed by atoms with Crippen molar-refractivity contribution in [1.29, 1.82) is 0 Å². The molecule has 1 aromatic carbocycles. The Morgan fingerprint density at radius 3 is 2.89 bits per heavy atom. The van der Waals surface area contributed by atoms with Crippen molar-refractivity contribution in [3.63, 3.8) is 0 Å². The maximum Gasteiger partial charge on any atom is 0.232 e. The number of carbonyl (C=O) groups excluding carboxylic acids is 1. The molecule has 0 saturated carbocycles. The maximum atomic E-state index is 11.9. The average molecular weight is 286 g/mol. The largest absolute Gasteiger partial charge is 0.378 e. The normalized spacial score (nSPS) is 15.7. The number of amides is 1. The smallest absolute Gasteiger partial charge is 0.232 e. The van der Waals surface area contributed by atoms with Gasteiger partial charge in [-0.3, -0.25) is 4.79 Å². The van der Waals surface area contributed by atoms with Crippen molar-refractivity contribution in [1.82, 2.24) is 4.90 Å². The minimum absolute atomic E-state index is 0.199. The first-order valence-electron chi connectivity index (χ1n) is 5.93. The summed E-state index contributed by atoms with van der Waals surface area (Å²) in [5.74, 6) is 1.54. The van der Waals surface area contributed by atoms with E-state index in [2.05, 4.69) is 0 Å². The van der Waals surface area contributed by atoms with E-state index in [1.165, 1.54) is 0 Å². The third-order valence-electron chi connectivity index (χ3n) is 2.75. The Balaban J connectivity index is 1.73. The molecule has 1 amide bonds. The Morgan fingerprint density at radius 1 is 1.39 bits per heavy atom. The molecule has 1 aliphatic rings. The van der Waals surface area contributed by atoms with E-state index in [9.17, 15) is 4.79 Å². The van der Waals surface area contributed by atoms with E-state index in [1.807, 2.05) is 29.2 Å². The molecule has 3 nitrogen and oxygen atoms in total. The molecule has 0 atom stereocenters. The highest BCUT2D eigenvalue weighted by Crippen LogP contribution is 2.17. The third-order valence-corrected chi connectivity index (χ3v) is 3.97. The number of hydrogen-bond acceptors (Lipinski definition) is 3. The monoisotopic (exact) mass is 285 g/mol. The van der Waals surface area contributed by atoms with E-state index in [4.69, 9.17) is 16.3 Å². The molecule has 1 aliphatic heterocycles. The first-order valence-corrected chi connectivity index (χ1v) is 7.47. The molecule has 0 radical (unpaired) electrons. The molecule has 0 N–H and O–H groups in total. The van der Waals surface area contributed by atoms with E-state index in [-0.39, 0.29) is 5.91 Å². The van der Waals surface area contributed by atoms with Crippen LogP contribution < -0.4 is 0 Å². The van der Waals surface area contributed by atoms with E-state index in [0.717, 1.165) is 29.4 Å². The molecule has 2 rings (SSSR count). The lowest BCUT2D eigenvalue weighted by molar-refractivity contribution is -0.132. The fourth-order valence-corrected chi connectivity index (χ4v) is 2.87. The molecule has 1 heterocycles. The Bertz CT molecular complexity index is 408. The molecule has 1 saturated heterocycles. The lowest BCUT2D eigenvalue weighted by atomic mass is 10.2. The highest BCUT2D eigenvalue weighted by atomic mass is 35.5. The number of rotatable bonds is 4. The number of ether oxygens (including phenoxy) is 1. The Kier molecular flexibility index (Phi) is 5.35. The van der Waals surface area contributed by atoms with Gasteiger partial charge in [-0.15, -0.1) is 11.8 Å². The molecule has 0 spiro atoms. The summed E-state index contributed by atoms with van der Waals surface area (Å²) >= 11 is 7.54. The SMILES string of the molecule is O=C(CSCc1cccc(Cl)c1)N1CCOCC1. The van der Waals surface area contributed by atoms with Gasteiger partial charge in [-0.1, -0.05) is 23.7 Å². The highest BCUT2D eigenvalue weighted by molar-refractivity contribution is 7.99. The van der Waals surface area contributed by atoms with Crippen LogP contribution in [0.1, 0.15) is 5.56 Å². The fourth-order valence-electron chi connectivity index (χ4n) is 1.79. The van der Waals surface area contributed by atoms with Gasteiger partial charge in [0.15, 0.2) is 0 Å². The summed E-state index contributed by atoms with van der Waals surface area (Å²) in [4.78, 5) is 13.7. The second kappa shape index (κ2) is 7.02. The van der Waals surface area contributed by atoms with Crippen LogP contribution in [-0.2, 0) is 15.3 Å². The summed E-state index contributed by atoms with van der Waals surface area (Å²) in [7, 11) is 0. The standard InChI is InChI=1S/C13H16ClNO2S/c14-12-3-1-2-11(8-12)9-18-10-13(16)15-4-6-17-7-5-15/h1-3,8H,4-7,9-10H2. The molecule has 0 unspecified atom stereocenters. The topological polar surface area (TPSA) is 29.5 Å². The van der Waals surface area contributed by atoms with Crippen molar-refractivity contribution in [2.24, 2.45) is 0 Å². The van der Waals surface area contributed by atoms with E-state index in [1.54, 1.807) is 11.8 Å². The van der Waals surface area contributed by atoms with Gasteiger partial charge in [0.2, 0.25) is 5.91 Å². The summed E-state index contributed by atoms with van der Waals surface area (Å²) in [6.07, 6.45) is 0. The summed E-state index contributed by atoms with van der Waals surface area (Å²) in [5, 5.41) is 0.743. The molecule has 98 valence electrons. The van der Waals surface area contributed by atoms with Crippen LogP contribution in [0.25, 0.3) is 0 Å². The minimum atomic E-state index is 0.199. The van der Waals surface area contributed by atoms with Crippen LogP contribution >= 0.6 is 23.4 Å². The van der Waals surface area contributed by atoms with Crippen molar-refractivity contribution in [3.05, 3.63) is 34.9 Å². The molecule has 18 heavy (non-hydrogen) atoms. The van der Waals surface area contributed by atoms with Crippen LogP contribution in [0.3, 0.4) is 0 Å². The van der Waals surface area contributed by atoms with Gasteiger partial charge in [-0.2, -0.15) is 0 Å². The summed E-state index contributed by atoms with van der Waals surface area (Å²) < 4.78 is 5.22. The third kappa shape index (κ3) is 4.19. The molecule has 1 aromatic rings. The van der Waals surface area contributed by atoms with Gasteiger partial charge in [0.25, 0.3) is 0 Å². The van der Waals surface area contributed by atoms with Crippen molar-refractivity contribution in [2.75, 3.05) is 32.1 Å². The van der Waals surface area contributed by atoms with Crippen LogP contribution in [-0.4, -0.2) is 42.9 Å². The van der Waals surface area contributed by atoms with Crippen molar-refractivity contribution in [3.8, 4) is 0 Å². The average Bonchev–Trinajstić information content (AvgIpc) is 2.40. The number of thioether (sulfide) groups is 1. The molecule has 0 bridgehead atoms. The zero-order valence-electron chi connectivity index (χ0n) is 10.1. The maximum absolute atomic E-state index is 11.9. The van der Waals surface area contributed by atoms with Crippen LogP contribution in [0.2, 0.25) is 5.02 Å². The number of hydrogen-bond donors (Lipinski definition) is 0. The van der Waals surface area contributed by atoms with Crippen LogP contribution in [0.5, 0.6) is 0 Å². The van der Waals surface area contributed by atoms with Gasteiger partial charge in [-0.25, -0.2) is 0 Å². The summed E-state index contributed by atoms with van der Waals surface area (Å²) in [6.45, 7) is 2.75. The van der Waals surface area contributed by atoms with Gasteiger partial charge in [0.1, 0.15) is 0 Å².